The second-order valence-corrected chi connectivity index (χ2v) is 10.9. The predicted octanol–water partition coefficient (Wildman–Crippen LogP) is 4.75. The number of H-pyrrole nitrogens is 1. The number of rotatable bonds is 9. The van der Waals surface area contributed by atoms with Gasteiger partial charge in [0.05, 0.1) is 12.1 Å². The first-order valence-electron chi connectivity index (χ1n) is 14.4. The van der Waals surface area contributed by atoms with Crippen LogP contribution >= 0.6 is 0 Å². The number of aromatic nitrogens is 6. The second-order valence-electron chi connectivity index (χ2n) is 10.9. The van der Waals surface area contributed by atoms with E-state index in [1.807, 2.05) is 29.1 Å². The molecule has 6 rings (SSSR count). The molecule has 9 nitrogen and oxygen atoms in total. The Balaban J connectivity index is 1.50. The summed E-state index contributed by atoms with van der Waals surface area (Å²) in [7, 11) is 0. The molecule has 1 aliphatic heterocycles. The summed E-state index contributed by atoms with van der Waals surface area (Å²) in [6.07, 6.45) is 12.4. The summed E-state index contributed by atoms with van der Waals surface area (Å²) in [4.78, 5) is 23.6. The lowest BCUT2D eigenvalue weighted by Gasteiger charge is -2.34. The topological polar surface area (TPSA) is 102 Å². The molecule has 1 saturated heterocycles. The standard InChI is InChI=1S/C30H37N7O2/c1-2-21-12-13-27-23(16-21)17-26(30(38)32-27)28(29-33-34-35-37(29)24-9-4-3-5-10-24)36(20-25-11-7-15-39-25)19-22-8-6-14-31-18-22/h6,8,12-14,16-18,24-25,28H,2-5,7,9-11,15,19-20H2,1H3,(H,32,38)/t25-,28-/m0/s1. The number of benzene rings is 1. The van der Waals surface area contributed by atoms with Crippen LogP contribution in [0.4, 0.5) is 0 Å². The molecule has 204 valence electrons. The van der Waals surface area contributed by atoms with Crippen LogP contribution in [0, 0.1) is 0 Å². The fourth-order valence-electron chi connectivity index (χ4n) is 6.20. The molecule has 0 bridgehead atoms. The fraction of sp³-hybridized carbons (Fsp3) is 0.500. The molecule has 4 heterocycles. The Morgan fingerprint density at radius 1 is 1.10 bits per heavy atom. The largest absolute Gasteiger partial charge is 0.377 e. The molecule has 3 aromatic heterocycles. The van der Waals surface area contributed by atoms with Crippen LogP contribution < -0.4 is 5.56 Å². The highest BCUT2D eigenvalue weighted by Gasteiger charge is 2.35. The van der Waals surface area contributed by atoms with E-state index in [1.54, 1.807) is 6.20 Å². The minimum Gasteiger partial charge on any atom is -0.377 e. The molecule has 1 saturated carbocycles. The Hall–Kier alpha value is -3.43. The van der Waals surface area contributed by atoms with Gasteiger partial charge in [-0.05, 0) is 83.3 Å². The number of tetrazole rings is 1. The molecule has 1 aromatic carbocycles. The van der Waals surface area contributed by atoms with Crippen LogP contribution in [0.5, 0.6) is 0 Å². The van der Waals surface area contributed by atoms with E-state index in [9.17, 15) is 4.79 Å². The normalized spacial score (nSPS) is 19.2. The molecule has 1 N–H and O–H groups in total. The number of pyridine rings is 2. The SMILES string of the molecule is CCc1ccc2[nH]c(=O)c([C@@H](c3nnnn3C3CCCCC3)N(Cc3cccnc3)C[C@@H]3CCCO3)cc2c1. The Kier molecular flexibility index (Phi) is 7.78. The second kappa shape index (κ2) is 11.8. The zero-order valence-corrected chi connectivity index (χ0v) is 22.6. The maximum Gasteiger partial charge on any atom is 0.253 e. The molecule has 0 amide bonds. The Labute approximate surface area is 228 Å². The van der Waals surface area contributed by atoms with Crippen molar-refractivity contribution in [2.45, 2.75) is 83.0 Å². The summed E-state index contributed by atoms with van der Waals surface area (Å²) >= 11 is 0. The van der Waals surface area contributed by atoms with Crippen LogP contribution in [-0.4, -0.2) is 54.3 Å². The molecule has 4 aromatic rings. The number of ether oxygens (including phenoxy) is 1. The molecule has 1 aliphatic carbocycles. The van der Waals surface area contributed by atoms with Crippen molar-refractivity contribution in [2.24, 2.45) is 0 Å². The zero-order valence-electron chi connectivity index (χ0n) is 22.6. The van der Waals surface area contributed by atoms with Crippen LogP contribution in [0.15, 0.2) is 53.6 Å². The van der Waals surface area contributed by atoms with E-state index in [0.717, 1.165) is 61.0 Å². The van der Waals surface area contributed by atoms with Crippen molar-refractivity contribution in [3.05, 3.63) is 81.7 Å². The number of hydrogen-bond acceptors (Lipinski definition) is 7. The lowest BCUT2D eigenvalue weighted by molar-refractivity contribution is 0.0567. The van der Waals surface area contributed by atoms with Gasteiger partial charge in [0.1, 0.15) is 6.04 Å². The van der Waals surface area contributed by atoms with Crippen molar-refractivity contribution in [1.82, 2.24) is 35.1 Å². The van der Waals surface area contributed by atoms with Gasteiger partial charge in [0.2, 0.25) is 0 Å². The average Bonchev–Trinajstić information content (AvgIpc) is 3.67. The maximum atomic E-state index is 13.8. The van der Waals surface area contributed by atoms with Crippen molar-refractivity contribution in [1.29, 1.82) is 0 Å². The third-order valence-corrected chi connectivity index (χ3v) is 8.26. The van der Waals surface area contributed by atoms with E-state index < -0.39 is 6.04 Å². The summed E-state index contributed by atoms with van der Waals surface area (Å²) in [5.74, 6) is 0.722. The van der Waals surface area contributed by atoms with E-state index in [1.165, 1.54) is 24.8 Å². The van der Waals surface area contributed by atoms with Crippen molar-refractivity contribution in [3.63, 3.8) is 0 Å². The summed E-state index contributed by atoms with van der Waals surface area (Å²) in [5.41, 5.74) is 3.69. The minimum absolute atomic E-state index is 0.0921. The quantitative estimate of drug-likeness (QED) is 0.335. The van der Waals surface area contributed by atoms with Gasteiger partial charge < -0.3 is 9.72 Å². The Morgan fingerprint density at radius 2 is 2.00 bits per heavy atom. The van der Waals surface area contributed by atoms with Crippen LogP contribution in [0.3, 0.4) is 0 Å². The van der Waals surface area contributed by atoms with Gasteiger partial charge in [0, 0.05) is 43.2 Å². The van der Waals surface area contributed by atoms with Crippen LogP contribution in [-0.2, 0) is 17.7 Å². The van der Waals surface area contributed by atoms with Gasteiger partial charge in [-0.25, -0.2) is 4.68 Å². The van der Waals surface area contributed by atoms with Crippen LogP contribution in [0.1, 0.15) is 86.5 Å². The lowest BCUT2D eigenvalue weighted by Crippen LogP contribution is -2.39. The third kappa shape index (κ3) is 5.65. The first-order chi connectivity index (χ1) is 19.2. The van der Waals surface area contributed by atoms with Gasteiger partial charge in [-0.3, -0.25) is 14.7 Å². The van der Waals surface area contributed by atoms with Crippen LogP contribution in [0.2, 0.25) is 0 Å². The Bertz CT molecular complexity index is 1440. The van der Waals surface area contributed by atoms with Crippen molar-refractivity contribution in [2.75, 3.05) is 13.2 Å². The van der Waals surface area contributed by atoms with Gasteiger partial charge in [0.25, 0.3) is 5.56 Å². The summed E-state index contributed by atoms with van der Waals surface area (Å²) in [5, 5.41) is 14.3. The van der Waals surface area contributed by atoms with Crippen molar-refractivity contribution in [3.8, 4) is 0 Å². The maximum absolute atomic E-state index is 13.8. The molecular formula is C30H37N7O2. The van der Waals surface area contributed by atoms with E-state index in [-0.39, 0.29) is 17.7 Å². The number of hydrogen-bond donors (Lipinski definition) is 1. The van der Waals surface area contributed by atoms with Gasteiger partial charge in [0.15, 0.2) is 5.82 Å². The highest BCUT2D eigenvalue weighted by atomic mass is 16.5. The van der Waals surface area contributed by atoms with E-state index >= 15 is 0 Å². The van der Waals surface area contributed by atoms with Crippen molar-refractivity contribution < 1.29 is 4.74 Å². The first-order valence-corrected chi connectivity index (χ1v) is 14.4. The number of aryl methyl sites for hydroxylation is 1. The molecular weight excluding hydrogens is 490 g/mol. The molecule has 0 unspecified atom stereocenters. The van der Waals surface area contributed by atoms with Gasteiger partial charge in [-0.2, -0.15) is 0 Å². The minimum atomic E-state index is -0.440. The smallest absolute Gasteiger partial charge is 0.253 e. The highest BCUT2D eigenvalue weighted by molar-refractivity contribution is 5.80. The number of fused-ring (bicyclic) bond motifs is 1. The molecule has 2 aliphatic rings. The molecule has 39 heavy (non-hydrogen) atoms. The molecule has 0 spiro atoms. The summed E-state index contributed by atoms with van der Waals surface area (Å²) in [6, 6.07) is 12.1. The average molecular weight is 528 g/mol. The van der Waals surface area contributed by atoms with Gasteiger partial charge >= 0.3 is 0 Å². The monoisotopic (exact) mass is 527 g/mol. The molecule has 9 heteroatoms. The zero-order chi connectivity index (χ0) is 26.6. The summed E-state index contributed by atoms with van der Waals surface area (Å²) < 4.78 is 8.10. The number of aromatic amines is 1. The summed E-state index contributed by atoms with van der Waals surface area (Å²) in [6.45, 7) is 4.18. The number of nitrogens with zero attached hydrogens (tertiary/aromatic N) is 6. The third-order valence-electron chi connectivity index (χ3n) is 8.26. The molecule has 2 atom stereocenters. The molecule has 0 radical (unpaired) electrons. The lowest BCUT2D eigenvalue weighted by atomic mass is 9.95. The van der Waals surface area contributed by atoms with Crippen LogP contribution in [0.25, 0.3) is 10.9 Å². The van der Waals surface area contributed by atoms with Gasteiger partial charge in [-0.1, -0.05) is 38.3 Å². The fourth-order valence-corrected chi connectivity index (χ4v) is 6.20. The predicted molar refractivity (Wildman–Crippen MR) is 149 cm³/mol. The Morgan fingerprint density at radius 3 is 2.77 bits per heavy atom. The molecule has 2 fully saturated rings. The number of nitrogens with one attached hydrogen (secondary N) is 1. The van der Waals surface area contributed by atoms with Crippen molar-refractivity contribution >= 4 is 10.9 Å². The van der Waals surface area contributed by atoms with E-state index in [2.05, 4.69) is 55.5 Å². The van der Waals surface area contributed by atoms with E-state index in [4.69, 9.17) is 4.74 Å². The first kappa shape index (κ1) is 25.8. The van der Waals surface area contributed by atoms with Gasteiger partial charge in [-0.15, -0.1) is 5.10 Å². The highest BCUT2D eigenvalue weighted by Crippen LogP contribution is 2.34. The van der Waals surface area contributed by atoms with E-state index in [0.29, 0.717) is 18.7 Å².